The van der Waals surface area contributed by atoms with Crippen molar-refractivity contribution in [3.05, 3.63) is 23.2 Å². The molecule has 2 aromatic rings. The molecule has 0 radical (unpaired) electrons. The number of hydrogen-bond donors (Lipinski definition) is 1. The highest BCUT2D eigenvalue weighted by Crippen LogP contribution is 2.27. The molecule has 1 atom stereocenters. The standard InChI is InChI=1S/C12H15ClN2O3/c1-16-5-4-9(14)7-17-12-10-6-8(13)2-3-11(10)18-15-12/h2-3,6,9H,4-5,7,14H2,1H3. The van der Waals surface area contributed by atoms with Gasteiger partial charge in [-0.15, -0.1) is 0 Å². The zero-order valence-electron chi connectivity index (χ0n) is 10.1. The number of ether oxygens (including phenoxy) is 2. The molecule has 98 valence electrons. The SMILES string of the molecule is COCCC(N)COc1noc2ccc(Cl)cc12. The molecule has 0 aliphatic heterocycles. The molecule has 1 unspecified atom stereocenters. The van der Waals surface area contributed by atoms with Crippen LogP contribution >= 0.6 is 11.6 Å². The summed E-state index contributed by atoms with van der Waals surface area (Å²) in [7, 11) is 1.64. The first-order valence-corrected chi connectivity index (χ1v) is 6.00. The van der Waals surface area contributed by atoms with Crippen molar-refractivity contribution in [3.8, 4) is 5.88 Å². The van der Waals surface area contributed by atoms with Gasteiger partial charge in [-0.25, -0.2) is 0 Å². The lowest BCUT2D eigenvalue weighted by Gasteiger charge is -2.10. The van der Waals surface area contributed by atoms with Gasteiger partial charge in [0.25, 0.3) is 5.88 Å². The molecule has 0 aliphatic rings. The van der Waals surface area contributed by atoms with E-state index in [0.29, 0.717) is 29.7 Å². The van der Waals surface area contributed by atoms with Crippen LogP contribution in [0.15, 0.2) is 22.7 Å². The Morgan fingerprint density at radius 1 is 1.50 bits per heavy atom. The van der Waals surface area contributed by atoms with E-state index in [9.17, 15) is 0 Å². The zero-order chi connectivity index (χ0) is 13.0. The molecular weight excluding hydrogens is 256 g/mol. The Labute approximate surface area is 110 Å². The van der Waals surface area contributed by atoms with Gasteiger partial charge in [0.05, 0.1) is 5.39 Å². The molecular formula is C12H15ClN2O3. The third kappa shape index (κ3) is 3.13. The van der Waals surface area contributed by atoms with E-state index in [1.807, 2.05) is 0 Å². The molecule has 18 heavy (non-hydrogen) atoms. The van der Waals surface area contributed by atoms with E-state index in [-0.39, 0.29) is 6.04 Å². The van der Waals surface area contributed by atoms with Gasteiger partial charge in [-0.1, -0.05) is 11.6 Å². The minimum absolute atomic E-state index is 0.101. The predicted octanol–water partition coefficient (Wildman–Crippen LogP) is 2.22. The molecule has 0 aliphatic carbocycles. The van der Waals surface area contributed by atoms with Gasteiger partial charge in [0.2, 0.25) is 0 Å². The first-order valence-electron chi connectivity index (χ1n) is 5.63. The fraction of sp³-hybridized carbons (Fsp3) is 0.417. The number of aromatic nitrogens is 1. The Kier molecular flexibility index (Phi) is 4.41. The smallest absolute Gasteiger partial charge is 0.262 e. The van der Waals surface area contributed by atoms with Crippen LogP contribution < -0.4 is 10.5 Å². The van der Waals surface area contributed by atoms with Crippen molar-refractivity contribution in [2.45, 2.75) is 12.5 Å². The zero-order valence-corrected chi connectivity index (χ0v) is 10.8. The fourth-order valence-corrected chi connectivity index (χ4v) is 1.70. The first kappa shape index (κ1) is 13.1. The van der Waals surface area contributed by atoms with E-state index < -0.39 is 0 Å². The molecule has 1 aromatic heterocycles. The lowest BCUT2D eigenvalue weighted by atomic mass is 10.2. The van der Waals surface area contributed by atoms with Crippen LogP contribution in [0.25, 0.3) is 11.0 Å². The Bertz CT molecular complexity index is 515. The van der Waals surface area contributed by atoms with E-state index in [1.165, 1.54) is 0 Å². The van der Waals surface area contributed by atoms with E-state index in [1.54, 1.807) is 25.3 Å². The van der Waals surface area contributed by atoms with Crippen LogP contribution in [0.3, 0.4) is 0 Å². The monoisotopic (exact) mass is 270 g/mol. The van der Waals surface area contributed by atoms with Crippen molar-refractivity contribution in [2.24, 2.45) is 5.73 Å². The lowest BCUT2D eigenvalue weighted by molar-refractivity contribution is 0.173. The summed E-state index contributed by atoms with van der Waals surface area (Å²) in [6.45, 7) is 0.966. The number of fused-ring (bicyclic) bond motifs is 1. The highest BCUT2D eigenvalue weighted by molar-refractivity contribution is 6.31. The second-order valence-electron chi connectivity index (χ2n) is 3.98. The molecule has 2 rings (SSSR count). The summed E-state index contributed by atoms with van der Waals surface area (Å²) in [6.07, 6.45) is 0.729. The molecule has 0 spiro atoms. The van der Waals surface area contributed by atoms with Crippen molar-refractivity contribution in [3.63, 3.8) is 0 Å². The summed E-state index contributed by atoms with van der Waals surface area (Å²) in [5.41, 5.74) is 6.50. The Hall–Kier alpha value is -1.30. The molecule has 0 saturated carbocycles. The van der Waals surface area contributed by atoms with Crippen molar-refractivity contribution in [1.29, 1.82) is 0 Å². The predicted molar refractivity (Wildman–Crippen MR) is 69.0 cm³/mol. The molecule has 0 fully saturated rings. The maximum absolute atomic E-state index is 5.91. The highest BCUT2D eigenvalue weighted by atomic mass is 35.5. The van der Waals surface area contributed by atoms with Gasteiger partial charge in [0.15, 0.2) is 5.58 Å². The molecule has 2 N–H and O–H groups in total. The largest absolute Gasteiger partial charge is 0.473 e. The quantitative estimate of drug-likeness (QED) is 0.871. The lowest BCUT2D eigenvalue weighted by Crippen LogP contribution is -2.29. The summed E-state index contributed by atoms with van der Waals surface area (Å²) in [6, 6.07) is 5.14. The Morgan fingerprint density at radius 3 is 3.11 bits per heavy atom. The fourth-order valence-electron chi connectivity index (χ4n) is 1.53. The first-order chi connectivity index (χ1) is 8.70. The number of rotatable bonds is 6. The normalized spacial score (nSPS) is 12.8. The molecule has 0 bridgehead atoms. The van der Waals surface area contributed by atoms with Crippen LogP contribution in [-0.2, 0) is 4.74 Å². The third-order valence-corrected chi connectivity index (χ3v) is 2.76. The number of hydrogen-bond acceptors (Lipinski definition) is 5. The average Bonchev–Trinajstić information content (AvgIpc) is 2.76. The summed E-state index contributed by atoms with van der Waals surface area (Å²) in [5, 5.41) is 5.21. The van der Waals surface area contributed by atoms with Crippen LogP contribution in [0.4, 0.5) is 0 Å². The molecule has 0 amide bonds. The highest BCUT2D eigenvalue weighted by Gasteiger charge is 2.11. The van der Waals surface area contributed by atoms with Gasteiger partial charge in [-0.05, 0) is 29.8 Å². The van der Waals surface area contributed by atoms with Gasteiger partial charge < -0.3 is 19.7 Å². The summed E-state index contributed by atoms with van der Waals surface area (Å²) in [4.78, 5) is 0. The summed E-state index contributed by atoms with van der Waals surface area (Å²) in [5.74, 6) is 0.417. The topological polar surface area (TPSA) is 70.5 Å². The molecule has 0 saturated heterocycles. The number of halogens is 1. The van der Waals surface area contributed by atoms with E-state index in [2.05, 4.69) is 5.16 Å². The Morgan fingerprint density at radius 2 is 2.33 bits per heavy atom. The second-order valence-corrected chi connectivity index (χ2v) is 4.42. The Balaban J connectivity index is 2.01. The van der Waals surface area contributed by atoms with Crippen LogP contribution in [0.5, 0.6) is 5.88 Å². The van der Waals surface area contributed by atoms with Gasteiger partial charge >= 0.3 is 0 Å². The van der Waals surface area contributed by atoms with Gasteiger partial charge in [0, 0.05) is 24.8 Å². The van der Waals surface area contributed by atoms with Crippen LogP contribution in [0.2, 0.25) is 5.02 Å². The number of methoxy groups -OCH3 is 1. The van der Waals surface area contributed by atoms with Gasteiger partial charge in [-0.2, -0.15) is 0 Å². The molecule has 1 heterocycles. The maximum atomic E-state index is 5.91. The van der Waals surface area contributed by atoms with E-state index in [4.69, 9.17) is 31.3 Å². The molecule has 5 nitrogen and oxygen atoms in total. The van der Waals surface area contributed by atoms with Gasteiger partial charge in [-0.3, -0.25) is 0 Å². The summed E-state index contributed by atoms with van der Waals surface area (Å²) < 4.78 is 15.6. The van der Waals surface area contributed by atoms with E-state index in [0.717, 1.165) is 11.8 Å². The van der Waals surface area contributed by atoms with Crippen molar-refractivity contribution in [1.82, 2.24) is 5.16 Å². The van der Waals surface area contributed by atoms with E-state index >= 15 is 0 Å². The van der Waals surface area contributed by atoms with Crippen LogP contribution in [0, 0.1) is 0 Å². The minimum Gasteiger partial charge on any atom is -0.473 e. The van der Waals surface area contributed by atoms with Gasteiger partial charge in [0.1, 0.15) is 6.61 Å². The minimum atomic E-state index is -0.101. The van der Waals surface area contributed by atoms with Crippen LogP contribution in [0.1, 0.15) is 6.42 Å². The number of nitrogens with zero attached hydrogens (tertiary/aromatic N) is 1. The average molecular weight is 271 g/mol. The maximum Gasteiger partial charge on any atom is 0.262 e. The van der Waals surface area contributed by atoms with Crippen molar-refractivity contribution < 1.29 is 14.0 Å². The molecule has 1 aromatic carbocycles. The number of benzene rings is 1. The van der Waals surface area contributed by atoms with Crippen molar-refractivity contribution in [2.75, 3.05) is 20.3 Å². The van der Waals surface area contributed by atoms with Crippen LogP contribution in [-0.4, -0.2) is 31.5 Å². The number of nitrogens with two attached hydrogens (primary N) is 1. The molecule has 6 heteroatoms. The van der Waals surface area contributed by atoms with Crippen molar-refractivity contribution >= 4 is 22.6 Å². The third-order valence-electron chi connectivity index (χ3n) is 2.53. The second kappa shape index (κ2) is 6.04. The summed E-state index contributed by atoms with van der Waals surface area (Å²) >= 11 is 5.91.